The fraction of sp³-hybridized carbons (Fsp3) is 0.250. The molecule has 126 valence electrons. The molecule has 0 atom stereocenters. The number of hydrogen-bond acceptors (Lipinski definition) is 3. The van der Waals surface area contributed by atoms with Gasteiger partial charge in [0.1, 0.15) is 12.5 Å². The van der Waals surface area contributed by atoms with E-state index in [9.17, 15) is 18.0 Å². The van der Waals surface area contributed by atoms with Crippen LogP contribution in [0, 0.1) is 0 Å². The van der Waals surface area contributed by atoms with Crippen molar-refractivity contribution in [1.29, 1.82) is 0 Å². The van der Waals surface area contributed by atoms with Gasteiger partial charge in [-0.15, -0.1) is 0 Å². The van der Waals surface area contributed by atoms with Gasteiger partial charge >= 0.3 is 12.2 Å². The SMILES string of the molecule is COCN1Cc2cccnc2N(c2cccc(C(F)(F)F)c2)C1=O. The molecule has 8 heteroatoms. The Labute approximate surface area is 136 Å². The number of halogens is 3. The number of fused-ring (bicyclic) bond motifs is 1. The van der Waals surface area contributed by atoms with Crippen LogP contribution in [0.25, 0.3) is 0 Å². The number of benzene rings is 1. The number of carbonyl (C=O) groups excluding carboxylic acids is 1. The molecule has 2 heterocycles. The Morgan fingerprint density at radius 1 is 1.25 bits per heavy atom. The summed E-state index contributed by atoms with van der Waals surface area (Å²) in [6, 6.07) is 7.62. The molecule has 0 spiro atoms. The summed E-state index contributed by atoms with van der Waals surface area (Å²) < 4.78 is 43.9. The number of ether oxygens (including phenoxy) is 1. The van der Waals surface area contributed by atoms with E-state index in [0.717, 1.165) is 17.7 Å². The number of alkyl halides is 3. The van der Waals surface area contributed by atoms with Crippen molar-refractivity contribution in [1.82, 2.24) is 9.88 Å². The second-order valence-corrected chi connectivity index (χ2v) is 5.27. The van der Waals surface area contributed by atoms with Crippen LogP contribution < -0.4 is 4.90 Å². The normalized spacial score (nSPS) is 14.8. The quantitative estimate of drug-likeness (QED) is 0.856. The van der Waals surface area contributed by atoms with Crippen LogP contribution in [0.15, 0.2) is 42.6 Å². The number of nitrogens with zero attached hydrogens (tertiary/aromatic N) is 3. The highest BCUT2D eigenvalue weighted by Crippen LogP contribution is 2.36. The summed E-state index contributed by atoms with van der Waals surface area (Å²) in [5, 5.41) is 0. The summed E-state index contributed by atoms with van der Waals surface area (Å²) in [7, 11) is 1.45. The Morgan fingerprint density at radius 3 is 2.75 bits per heavy atom. The first-order valence-corrected chi connectivity index (χ1v) is 7.11. The first-order chi connectivity index (χ1) is 11.4. The third-order valence-corrected chi connectivity index (χ3v) is 3.62. The zero-order valence-electron chi connectivity index (χ0n) is 12.7. The molecule has 1 aromatic heterocycles. The molecule has 1 aliphatic heterocycles. The maximum absolute atomic E-state index is 13.0. The molecule has 2 amide bonds. The van der Waals surface area contributed by atoms with E-state index in [-0.39, 0.29) is 19.0 Å². The lowest BCUT2D eigenvalue weighted by Gasteiger charge is -2.35. The number of pyridine rings is 1. The zero-order valence-corrected chi connectivity index (χ0v) is 12.7. The van der Waals surface area contributed by atoms with Crippen molar-refractivity contribution < 1.29 is 22.7 Å². The predicted octanol–water partition coefficient (Wildman–Crippen LogP) is 3.78. The molecule has 0 aliphatic carbocycles. The summed E-state index contributed by atoms with van der Waals surface area (Å²) in [6.07, 6.45) is -2.99. The molecule has 0 unspecified atom stereocenters. The third kappa shape index (κ3) is 2.92. The average Bonchev–Trinajstić information content (AvgIpc) is 2.55. The number of rotatable bonds is 3. The van der Waals surface area contributed by atoms with Crippen molar-refractivity contribution in [2.45, 2.75) is 12.7 Å². The van der Waals surface area contributed by atoms with Gasteiger partial charge in [0, 0.05) is 18.9 Å². The molecule has 0 N–H and O–H groups in total. The number of hydrogen-bond donors (Lipinski definition) is 0. The molecule has 0 radical (unpaired) electrons. The summed E-state index contributed by atoms with van der Waals surface area (Å²) in [5.41, 5.74) is 0.0104. The molecule has 0 fully saturated rings. The molecular formula is C16H14F3N3O2. The Morgan fingerprint density at radius 2 is 2.04 bits per heavy atom. The highest BCUT2D eigenvalue weighted by atomic mass is 19.4. The molecule has 0 bridgehead atoms. The van der Waals surface area contributed by atoms with Crippen LogP contribution in [-0.4, -0.2) is 29.8 Å². The Balaban J connectivity index is 2.09. The van der Waals surface area contributed by atoms with Crippen molar-refractivity contribution in [2.24, 2.45) is 0 Å². The van der Waals surface area contributed by atoms with E-state index in [1.54, 1.807) is 12.1 Å². The lowest BCUT2D eigenvalue weighted by molar-refractivity contribution is -0.137. The largest absolute Gasteiger partial charge is 0.416 e. The number of aromatic nitrogens is 1. The predicted molar refractivity (Wildman–Crippen MR) is 80.6 cm³/mol. The topological polar surface area (TPSA) is 45.7 Å². The average molecular weight is 337 g/mol. The first kappa shape index (κ1) is 16.3. The fourth-order valence-electron chi connectivity index (χ4n) is 2.57. The van der Waals surface area contributed by atoms with Gasteiger partial charge in [0.2, 0.25) is 0 Å². The molecule has 0 saturated heterocycles. The minimum absolute atomic E-state index is 0.0304. The number of urea groups is 1. The van der Waals surface area contributed by atoms with E-state index < -0.39 is 17.8 Å². The second kappa shape index (κ2) is 6.12. The first-order valence-electron chi connectivity index (χ1n) is 7.11. The smallest absolute Gasteiger partial charge is 0.364 e. The molecule has 3 rings (SSSR count). The van der Waals surface area contributed by atoms with Crippen molar-refractivity contribution in [3.05, 3.63) is 53.7 Å². The number of carbonyl (C=O) groups is 1. The minimum Gasteiger partial charge on any atom is -0.364 e. The van der Waals surface area contributed by atoms with Gasteiger partial charge in [0.25, 0.3) is 0 Å². The van der Waals surface area contributed by atoms with E-state index in [0.29, 0.717) is 5.82 Å². The van der Waals surface area contributed by atoms with Crippen LogP contribution in [0.1, 0.15) is 11.1 Å². The molecule has 2 aromatic rings. The Bertz CT molecular complexity index is 764. The van der Waals surface area contributed by atoms with Crippen LogP contribution in [0.4, 0.5) is 29.5 Å². The summed E-state index contributed by atoms with van der Waals surface area (Å²) in [4.78, 5) is 19.4. The summed E-state index contributed by atoms with van der Waals surface area (Å²) in [6.45, 7) is 0.313. The van der Waals surface area contributed by atoms with E-state index in [2.05, 4.69) is 4.98 Å². The minimum atomic E-state index is -4.49. The monoisotopic (exact) mass is 337 g/mol. The highest BCUT2D eigenvalue weighted by Gasteiger charge is 2.35. The maximum atomic E-state index is 13.0. The molecular weight excluding hydrogens is 323 g/mol. The van der Waals surface area contributed by atoms with Gasteiger partial charge in [-0.25, -0.2) is 14.7 Å². The molecule has 24 heavy (non-hydrogen) atoms. The van der Waals surface area contributed by atoms with Gasteiger partial charge in [-0.1, -0.05) is 12.1 Å². The molecule has 0 saturated carbocycles. The summed E-state index contributed by atoms with van der Waals surface area (Å²) >= 11 is 0. The van der Waals surface area contributed by atoms with Gasteiger partial charge in [0.15, 0.2) is 0 Å². The van der Waals surface area contributed by atoms with E-state index in [1.807, 2.05) is 0 Å². The molecule has 1 aromatic carbocycles. The fourth-order valence-corrected chi connectivity index (χ4v) is 2.57. The summed E-state index contributed by atoms with van der Waals surface area (Å²) in [5.74, 6) is 0.328. The van der Waals surface area contributed by atoms with Crippen LogP contribution in [0.2, 0.25) is 0 Å². The Kier molecular flexibility index (Phi) is 4.15. The third-order valence-electron chi connectivity index (χ3n) is 3.62. The lowest BCUT2D eigenvalue weighted by atomic mass is 10.1. The highest BCUT2D eigenvalue weighted by molar-refractivity contribution is 6.00. The second-order valence-electron chi connectivity index (χ2n) is 5.27. The molecule has 1 aliphatic rings. The van der Waals surface area contributed by atoms with Gasteiger partial charge < -0.3 is 4.74 Å². The van der Waals surface area contributed by atoms with Crippen molar-refractivity contribution in [2.75, 3.05) is 18.7 Å². The standard InChI is InChI=1S/C16H14F3N3O2/c1-24-10-21-9-11-4-3-7-20-14(11)22(15(21)23)13-6-2-5-12(8-13)16(17,18)19/h2-8H,9-10H2,1H3. The van der Waals surface area contributed by atoms with E-state index in [4.69, 9.17) is 4.74 Å². The maximum Gasteiger partial charge on any atom is 0.416 e. The van der Waals surface area contributed by atoms with Crippen LogP contribution in [-0.2, 0) is 17.5 Å². The van der Waals surface area contributed by atoms with Crippen molar-refractivity contribution in [3.63, 3.8) is 0 Å². The molecule has 5 nitrogen and oxygen atoms in total. The number of anilines is 2. The van der Waals surface area contributed by atoms with Crippen molar-refractivity contribution in [3.8, 4) is 0 Å². The number of amides is 2. The van der Waals surface area contributed by atoms with Crippen LogP contribution in [0.3, 0.4) is 0 Å². The van der Waals surface area contributed by atoms with Gasteiger partial charge in [-0.05, 0) is 24.3 Å². The lowest BCUT2D eigenvalue weighted by Crippen LogP contribution is -2.45. The van der Waals surface area contributed by atoms with Gasteiger partial charge in [-0.3, -0.25) is 4.90 Å². The van der Waals surface area contributed by atoms with Crippen LogP contribution >= 0.6 is 0 Å². The number of methoxy groups -OCH3 is 1. The van der Waals surface area contributed by atoms with Crippen molar-refractivity contribution >= 4 is 17.5 Å². The van der Waals surface area contributed by atoms with Gasteiger partial charge in [-0.2, -0.15) is 13.2 Å². The Hall–Kier alpha value is -2.61. The van der Waals surface area contributed by atoms with Crippen LogP contribution in [0.5, 0.6) is 0 Å². The van der Waals surface area contributed by atoms with Gasteiger partial charge in [0.05, 0.1) is 17.8 Å². The van der Waals surface area contributed by atoms with E-state index >= 15 is 0 Å². The zero-order chi connectivity index (χ0) is 17.3. The van der Waals surface area contributed by atoms with E-state index in [1.165, 1.54) is 35.2 Å².